The van der Waals surface area contributed by atoms with E-state index in [0.717, 1.165) is 18.2 Å². The number of nitrogens with zero attached hydrogens (tertiary/aromatic N) is 2. The van der Waals surface area contributed by atoms with Crippen molar-refractivity contribution >= 4 is 12.2 Å². The molecule has 0 amide bonds. The summed E-state index contributed by atoms with van der Waals surface area (Å²) in [5.41, 5.74) is 0. The largest absolute Gasteiger partial charge is 0.497 e. The van der Waals surface area contributed by atoms with Gasteiger partial charge in [-0.3, -0.25) is 0 Å². The lowest BCUT2D eigenvalue weighted by molar-refractivity contribution is -0.953. The van der Waals surface area contributed by atoms with Crippen LogP contribution >= 0.6 is 12.2 Å². The number of quaternary nitrogens is 1. The van der Waals surface area contributed by atoms with Crippen LogP contribution in [-0.2, 0) is 13.3 Å². The van der Waals surface area contributed by atoms with Gasteiger partial charge in [0.1, 0.15) is 11.5 Å². The van der Waals surface area contributed by atoms with Crippen LogP contribution in [0.15, 0.2) is 28.7 Å². The summed E-state index contributed by atoms with van der Waals surface area (Å²) < 4.78 is 18.2. The van der Waals surface area contributed by atoms with Gasteiger partial charge in [0.2, 0.25) is 0 Å². The fourth-order valence-electron chi connectivity index (χ4n) is 3.37. The van der Waals surface area contributed by atoms with Gasteiger partial charge in [0, 0.05) is 0 Å². The van der Waals surface area contributed by atoms with Gasteiger partial charge in [-0.15, -0.1) is 5.10 Å². The van der Waals surface area contributed by atoms with E-state index in [9.17, 15) is 0 Å². The number of hydrogen-bond acceptors (Lipinski definition) is 5. The van der Waals surface area contributed by atoms with Crippen LogP contribution < -0.4 is 14.4 Å². The maximum absolute atomic E-state index is 5.71. The third-order valence-corrected chi connectivity index (χ3v) is 5.09. The number of piperidine rings is 1. The lowest BCUT2D eigenvalue weighted by Crippen LogP contribution is -3.15. The fourth-order valence-corrected chi connectivity index (χ4v) is 3.57. The van der Waals surface area contributed by atoms with Crippen LogP contribution in [0.1, 0.15) is 38.5 Å². The first-order chi connectivity index (χ1) is 12.2. The van der Waals surface area contributed by atoms with Gasteiger partial charge in [0.15, 0.2) is 13.3 Å². The average molecular weight is 364 g/mol. The molecule has 136 valence electrons. The molecule has 1 aliphatic heterocycles. The van der Waals surface area contributed by atoms with Gasteiger partial charge in [-0.2, -0.15) is 4.68 Å². The predicted octanol–water partition coefficient (Wildman–Crippen LogP) is 2.60. The molecule has 7 heteroatoms. The molecule has 6 nitrogen and oxygen atoms in total. The Kier molecular flexibility index (Phi) is 6.09. The molecule has 2 aromatic rings. The van der Waals surface area contributed by atoms with Crippen LogP contribution in [0.25, 0.3) is 0 Å². The first-order valence-corrected chi connectivity index (χ1v) is 9.28. The lowest BCUT2D eigenvalue weighted by Gasteiger charge is -2.31. The van der Waals surface area contributed by atoms with Crippen LogP contribution in [0.3, 0.4) is 0 Å². The number of rotatable bonds is 7. The van der Waals surface area contributed by atoms with Crippen LogP contribution in [0.4, 0.5) is 0 Å². The molecule has 1 N–H and O–H groups in total. The second-order valence-electron chi connectivity index (χ2n) is 6.39. The number of benzene rings is 1. The average Bonchev–Trinajstić information content (AvgIpc) is 3.00. The molecule has 0 saturated carbocycles. The monoisotopic (exact) mass is 364 g/mol. The Hall–Kier alpha value is -1.86. The standard InChI is InChI=1S/C18H25N3O3S/c1-3-14-6-4-5-11-20(14)13-21-18(25)24-17(19-21)12-23-16-9-7-15(22-2)8-10-16/h7-10,14H,3-6,11-13H2,1-2H3/p+1/t14-/m0/s1. The Morgan fingerprint density at radius 2 is 2.04 bits per heavy atom. The summed E-state index contributed by atoms with van der Waals surface area (Å²) >= 11 is 5.33. The zero-order valence-electron chi connectivity index (χ0n) is 14.9. The second-order valence-corrected chi connectivity index (χ2v) is 6.74. The molecular formula is C18H26N3O3S+. The molecule has 3 rings (SSSR count). The van der Waals surface area contributed by atoms with Crippen molar-refractivity contribution in [2.75, 3.05) is 13.7 Å². The highest BCUT2D eigenvalue weighted by Gasteiger charge is 2.25. The quantitative estimate of drug-likeness (QED) is 0.766. The molecule has 0 spiro atoms. The van der Waals surface area contributed by atoms with E-state index in [2.05, 4.69) is 12.0 Å². The number of ether oxygens (including phenoxy) is 2. The summed E-state index contributed by atoms with van der Waals surface area (Å²) in [5, 5.41) is 4.50. The molecule has 1 aliphatic rings. The van der Waals surface area contributed by atoms with Crippen molar-refractivity contribution in [2.24, 2.45) is 0 Å². The molecule has 1 saturated heterocycles. The van der Waals surface area contributed by atoms with Crippen LogP contribution in [-0.4, -0.2) is 29.5 Å². The number of hydrogen-bond donors (Lipinski definition) is 1. The SMILES string of the molecule is CC[C@H]1CCCC[NH+]1Cn1nc(COc2ccc(OC)cc2)oc1=S. The topological polar surface area (TPSA) is 53.9 Å². The Labute approximate surface area is 153 Å². The van der Waals surface area contributed by atoms with Crippen LogP contribution in [0.2, 0.25) is 0 Å². The molecule has 1 aromatic heterocycles. The van der Waals surface area contributed by atoms with Gasteiger partial charge in [-0.25, -0.2) is 0 Å². The molecule has 0 bridgehead atoms. The van der Waals surface area contributed by atoms with E-state index >= 15 is 0 Å². The molecule has 1 unspecified atom stereocenters. The highest BCUT2D eigenvalue weighted by molar-refractivity contribution is 7.71. The van der Waals surface area contributed by atoms with Crippen molar-refractivity contribution in [1.29, 1.82) is 0 Å². The summed E-state index contributed by atoms with van der Waals surface area (Å²) in [6, 6.07) is 8.11. The van der Waals surface area contributed by atoms with Gasteiger partial charge in [0.25, 0.3) is 10.7 Å². The third-order valence-electron chi connectivity index (χ3n) is 4.79. The number of methoxy groups -OCH3 is 1. The summed E-state index contributed by atoms with van der Waals surface area (Å²) in [7, 11) is 1.64. The van der Waals surface area contributed by atoms with Gasteiger partial charge >= 0.3 is 0 Å². The maximum Gasteiger partial charge on any atom is 0.291 e. The predicted molar refractivity (Wildman–Crippen MR) is 96.4 cm³/mol. The normalized spacial score (nSPS) is 20.4. The maximum atomic E-state index is 5.71. The zero-order valence-corrected chi connectivity index (χ0v) is 15.7. The van der Waals surface area contributed by atoms with Crippen molar-refractivity contribution in [3.8, 4) is 11.5 Å². The third kappa shape index (κ3) is 4.61. The fraction of sp³-hybridized carbons (Fsp3) is 0.556. The minimum atomic E-state index is 0.259. The van der Waals surface area contributed by atoms with Gasteiger partial charge in [0.05, 0.1) is 19.7 Å². The molecule has 2 heterocycles. The van der Waals surface area contributed by atoms with Crippen molar-refractivity contribution in [3.63, 3.8) is 0 Å². The first kappa shape index (κ1) is 17.9. The Bertz CT molecular complexity index is 726. The number of aromatic nitrogens is 2. The Morgan fingerprint density at radius 3 is 2.76 bits per heavy atom. The molecule has 0 radical (unpaired) electrons. The van der Waals surface area contributed by atoms with Crippen molar-refractivity contribution < 1.29 is 18.8 Å². The molecule has 25 heavy (non-hydrogen) atoms. The van der Waals surface area contributed by atoms with Crippen LogP contribution in [0, 0.1) is 4.84 Å². The second kappa shape index (κ2) is 8.49. The van der Waals surface area contributed by atoms with Gasteiger partial charge < -0.3 is 18.8 Å². The van der Waals surface area contributed by atoms with E-state index in [0.29, 0.717) is 16.8 Å². The molecule has 2 atom stereocenters. The van der Waals surface area contributed by atoms with Crippen molar-refractivity contribution in [1.82, 2.24) is 9.78 Å². The van der Waals surface area contributed by atoms with Gasteiger partial charge in [-0.1, -0.05) is 6.92 Å². The zero-order chi connectivity index (χ0) is 17.6. The highest BCUT2D eigenvalue weighted by Crippen LogP contribution is 2.18. The summed E-state index contributed by atoms with van der Waals surface area (Å²) in [5.74, 6) is 2.04. The van der Waals surface area contributed by atoms with Crippen molar-refractivity contribution in [3.05, 3.63) is 35.0 Å². The van der Waals surface area contributed by atoms with E-state index in [-0.39, 0.29) is 6.61 Å². The summed E-state index contributed by atoms with van der Waals surface area (Å²) in [6.45, 7) is 4.45. The summed E-state index contributed by atoms with van der Waals surface area (Å²) in [6.07, 6.45) is 5.07. The number of nitrogens with one attached hydrogen (secondary N) is 1. The molecule has 1 fully saturated rings. The molecular weight excluding hydrogens is 338 g/mol. The van der Waals surface area contributed by atoms with E-state index in [1.54, 1.807) is 16.7 Å². The molecule has 1 aromatic carbocycles. The smallest absolute Gasteiger partial charge is 0.291 e. The van der Waals surface area contributed by atoms with Crippen LogP contribution in [0.5, 0.6) is 11.5 Å². The van der Waals surface area contributed by atoms with E-state index in [4.69, 9.17) is 26.1 Å². The van der Waals surface area contributed by atoms with E-state index < -0.39 is 0 Å². The first-order valence-electron chi connectivity index (χ1n) is 8.88. The van der Waals surface area contributed by atoms with Gasteiger partial charge in [-0.05, 0) is 62.2 Å². The Morgan fingerprint density at radius 1 is 1.28 bits per heavy atom. The van der Waals surface area contributed by atoms with E-state index in [1.165, 1.54) is 32.2 Å². The molecule has 0 aliphatic carbocycles. The minimum Gasteiger partial charge on any atom is -0.497 e. The number of likely N-dealkylation sites (tertiary alicyclic amines) is 1. The van der Waals surface area contributed by atoms with Crippen molar-refractivity contribution in [2.45, 2.75) is 51.9 Å². The lowest BCUT2D eigenvalue weighted by atomic mass is 10.0. The minimum absolute atomic E-state index is 0.259. The van der Waals surface area contributed by atoms with E-state index in [1.807, 2.05) is 24.3 Å². The highest BCUT2D eigenvalue weighted by atomic mass is 32.1. The summed E-state index contributed by atoms with van der Waals surface area (Å²) in [4.78, 5) is 1.96. The Balaban J connectivity index is 1.60.